The van der Waals surface area contributed by atoms with Gasteiger partial charge in [-0.1, -0.05) is 26.0 Å². The molecule has 5 heteroatoms. The number of rotatable bonds is 6. The van der Waals surface area contributed by atoms with E-state index >= 15 is 0 Å². The Balaban J connectivity index is 1.96. The minimum Gasteiger partial charge on any atom is -0.481 e. The lowest BCUT2D eigenvalue weighted by Crippen LogP contribution is -2.35. The molecule has 2 rings (SSSR count). The van der Waals surface area contributed by atoms with Crippen molar-refractivity contribution in [2.45, 2.75) is 53.2 Å². The average Bonchev–Trinajstić information content (AvgIpc) is 2.92. The number of ether oxygens (including phenoxy) is 1. The highest BCUT2D eigenvalue weighted by molar-refractivity contribution is 7.11. The van der Waals surface area contributed by atoms with Gasteiger partial charge in [0, 0.05) is 11.1 Å². The molecule has 1 aromatic carbocycles. The fraction of sp³-hybridized carbons (Fsp3) is 0.444. The van der Waals surface area contributed by atoms with Crippen LogP contribution < -0.4 is 10.1 Å². The van der Waals surface area contributed by atoms with Crippen molar-refractivity contribution >= 4 is 17.2 Å². The van der Waals surface area contributed by atoms with E-state index in [4.69, 9.17) is 4.74 Å². The molecule has 1 aromatic heterocycles. The Morgan fingerprint density at radius 2 is 2.04 bits per heavy atom. The van der Waals surface area contributed by atoms with Crippen LogP contribution in [0.2, 0.25) is 0 Å². The SMILES string of the molecule is Cc1ncc(CNC(=O)C(C)Oc2cc(C(C)C)ccc2C)s1. The van der Waals surface area contributed by atoms with Crippen molar-refractivity contribution in [1.82, 2.24) is 10.3 Å². The largest absolute Gasteiger partial charge is 0.481 e. The topological polar surface area (TPSA) is 51.2 Å². The van der Waals surface area contributed by atoms with Crippen molar-refractivity contribution < 1.29 is 9.53 Å². The quantitative estimate of drug-likeness (QED) is 0.871. The lowest BCUT2D eigenvalue weighted by molar-refractivity contribution is -0.127. The minimum absolute atomic E-state index is 0.120. The molecule has 0 saturated carbocycles. The van der Waals surface area contributed by atoms with Gasteiger partial charge in [0.1, 0.15) is 5.75 Å². The van der Waals surface area contributed by atoms with Gasteiger partial charge in [-0.3, -0.25) is 4.79 Å². The van der Waals surface area contributed by atoms with E-state index in [0.29, 0.717) is 12.5 Å². The van der Waals surface area contributed by atoms with Crippen molar-refractivity contribution in [3.63, 3.8) is 0 Å². The lowest BCUT2D eigenvalue weighted by atomic mass is 10.0. The maximum Gasteiger partial charge on any atom is 0.261 e. The van der Waals surface area contributed by atoms with Crippen LogP contribution in [0.25, 0.3) is 0 Å². The second kappa shape index (κ2) is 7.59. The van der Waals surface area contributed by atoms with Gasteiger partial charge < -0.3 is 10.1 Å². The Labute approximate surface area is 141 Å². The number of aryl methyl sites for hydroxylation is 2. The van der Waals surface area contributed by atoms with Crippen LogP contribution in [0.15, 0.2) is 24.4 Å². The number of nitrogens with one attached hydrogen (secondary N) is 1. The van der Waals surface area contributed by atoms with E-state index in [2.05, 4.69) is 30.2 Å². The molecule has 0 fully saturated rings. The number of hydrogen-bond donors (Lipinski definition) is 1. The summed E-state index contributed by atoms with van der Waals surface area (Å²) < 4.78 is 5.87. The van der Waals surface area contributed by atoms with Crippen LogP contribution in [0.1, 0.15) is 47.7 Å². The number of nitrogens with zero attached hydrogens (tertiary/aromatic N) is 1. The maximum absolute atomic E-state index is 12.2. The zero-order valence-electron chi connectivity index (χ0n) is 14.3. The molecule has 23 heavy (non-hydrogen) atoms. The van der Waals surface area contributed by atoms with Crippen molar-refractivity contribution in [2.24, 2.45) is 0 Å². The molecule has 2 aromatic rings. The Bertz CT molecular complexity index is 679. The van der Waals surface area contributed by atoms with Crippen LogP contribution in [-0.4, -0.2) is 17.0 Å². The molecule has 124 valence electrons. The van der Waals surface area contributed by atoms with Gasteiger partial charge in [-0.05, 0) is 43.9 Å². The zero-order chi connectivity index (χ0) is 17.0. The number of hydrogen-bond acceptors (Lipinski definition) is 4. The normalized spacial score (nSPS) is 12.3. The van der Waals surface area contributed by atoms with E-state index in [9.17, 15) is 4.79 Å². The molecule has 0 aliphatic carbocycles. The van der Waals surface area contributed by atoms with Gasteiger partial charge in [0.25, 0.3) is 5.91 Å². The molecular weight excluding hydrogens is 308 g/mol. The second-order valence-corrected chi connectivity index (χ2v) is 7.32. The van der Waals surface area contributed by atoms with Gasteiger partial charge >= 0.3 is 0 Å². The van der Waals surface area contributed by atoms with Gasteiger partial charge in [0.05, 0.1) is 11.6 Å². The molecule has 1 atom stereocenters. The maximum atomic E-state index is 12.2. The van der Waals surface area contributed by atoms with Crippen LogP contribution in [0.3, 0.4) is 0 Å². The molecule has 0 saturated heterocycles. The Kier molecular flexibility index (Phi) is 5.77. The molecular formula is C18H24N2O2S. The number of benzene rings is 1. The summed E-state index contributed by atoms with van der Waals surface area (Å²) in [4.78, 5) is 17.4. The van der Waals surface area contributed by atoms with Crippen LogP contribution in [0.4, 0.5) is 0 Å². The molecule has 1 heterocycles. The first-order chi connectivity index (χ1) is 10.9. The first-order valence-corrected chi connectivity index (χ1v) is 8.64. The fourth-order valence-electron chi connectivity index (χ4n) is 2.15. The van der Waals surface area contributed by atoms with Gasteiger partial charge in [0.2, 0.25) is 0 Å². The second-order valence-electron chi connectivity index (χ2n) is 6.00. The predicted octanol–water partition coefficient (Wildman–Crippen LogP) is 3.97. The number of amides is 1. The average molecular weight is 332 g/mol. The highest BCUT2D eigenvalue weighted by Crippen LogP contribution is 2.25. The summed E-state index contributed by atoms with van der Waals surface area (Å²) in [6.45, 7) is 10.5. The van der Waals surface area contributed by atoms with E-state index in [0.717, 1.165) is 21.2 Å². The third kappa shape index (κ3) is 4.79. The van der Waals surface area contributed by atoms with Crippen LogP contribution in [-0.2, 0) is 11.3 Å². The standard InChI is InChI=1S/C18H24N2O2S/c1-11(2)15-7-6-12(3)17(8-15)22-13(4)18(21)20-10-16-9-19-14(5)23-16/h6-9,11,13H,10H2,1-5H3,(H,20,21). The summed E-state index contributed by atoms with van der Waals surface area (Å²) in [6.07, 6.45) is 1.26. The molecule has 1 N–H and O–H groups in total. The molecule has 0 aliphatic rings. The number of carbonyl (C=O) groups excluding carboxylic acids is 1. The number of thiazole rings is 1. The summed E-state index contributed by atoms with van der Waals surface area (Å²) in [7, 11) is 0. The Morgan fingerprint density at radius 3 is 2.65 bits per heavy atom. The summed E-state index contributed by atoms with van der Waals surface area (Å²) in [5.74, 6) is 1.08. The lowest BCUT2D eigenvalue weighted by Gasteiger charge is -2.17. The Hall–Kier alpha value is -1.88. The van der Waals surface area contributed by atoms with Crippen molar-refractivity contribution in [3.05, 3.63) is 45.4 Å². The zero-order valence-corrected chi connectivity index (χ0v) is 15.2. The molecule has 0 bridgehead atoms. The smallest absolute Gasteiger partial charge is 0.261 e. The number of carbonyl (C=O) groups is 1. The van der Waals surface area contributed by atoms with E-state index in [1.54, 1.807) is 24.5 Å². The highest BCUT2D eigenvalue weighted by atomic mass is 32.1. The summed E-state index contributed by atoms with van der Waals surface area (Å²) in [5, 5.41) is 3.90. The molecule has 1 unspecified atom stereocenters. The number of aromatic nitrogens is 1. The third-order valence-electron chi connectivity index (χ3n) is 3.66. The van der Waals surface area contributed by atoms with Crippen LogP contribution in [0, 0.1) is 13.8 Å². The van der Waals surface area contributed by atoms with E-state index in [1.165, 1.54) is 5.56 Å². The fourth-order valence-corrected chi connectivity index (χ4v) is 2.89. The van der Waals surface area contributed by atoms with Crippen molar-refractivity contribution in [2.75, 3.05) is 0 Å². The predicted molar refractivity (Wildman–Crippen MR) is 94.1 cm³/mol. The van der Waals surface area contributed by atoms with Gasteiger partial charge in [-0.2, -0.15) is 0 Å². The molecule has 0 spiro atoms. The van der Waals surface area contributed by atoms with Crippen molar-refractivity contribution in [3.8, 4) is 5.75 Å². The monoisotopic (exact) mass is 332 g/mol. The van der Waals surface area contributed by atoms with E-state index in [1.807, 2.05) is 26.0 Å². The minimum atomic E-state index is -0.537. The van der Waals surface area contributed by atoms with E-state index in [-0.39, 0.29) is 5.91 Å². The Morgan fingerprint density at radius 1 is 1.30 bits per heavy atom. The van der Waals surface area contributed by atoms with Crippen LogP contribution >= 0.6 is 11.3 Å². The van der Waals surface area contributed by atoms with E-state index < -0.39 is 6.10 Å². The summed E-state index contributed by atoms with van der Waals surface area (Å²) in [6, 6.07) is 6.16. The van der Waals surface area contributed by atoms with Crippen LogP contribution in [0.5, 0.6) is 5.75 Å². The molecule has 0 radical (unpaired) electrons. The van der Waals surface area contributed by atoms with Gasteiger partial charge in [-0.25, -0.2) is 4.98 Å². The summed E-state index contributed by atoms with van der Waals surface area (Å²) >= 11 is 1.59. The van der Waals surface area contributed by atoms with Gasteiger partial charge in [-0.15, -0.1) is 11.3 Å². The molecule has 0 aliphatic heterocycles. The molecule has 1 amide bonds. The first-order valence-electron chi connectivity index (χ1n) is 7.83. The van der Waals surface area contributed by atoms with Crippen molar-refractivity contribution in [1.29, 1.82) is 0 Å². The first kappa shape index (κ1) is 17.5. The highest BCUT2D eigenvalue weighted by Gasteiger charge is 2.16. The third-order valence-corrected chi connectivity index (χ3v) is 4.57. The summed E-state index contributed by atoms with van der Waals surface area (Å²) in [5.41, 5.74) is 2.24. The molecule has 4 nitrogen and oxygen atoms in total. The van der Waals surface area contributed by atoms with Gasteiger partial charge in [0.15, 0.2) is 6.10 Å².